The number of aryl methyl sites for hydroxylation is 2. The van der Waals surface area contributed by atoms with Gasteiger partial charge in [-0.3, -0.25) is 0 Å². The predicted octanol–water partition coefficient (Wildman–Crippen LogP) is 3.92. The molecule has 0 aromatic heterocycles. The molecular formula is C17H19FO2. The first kappa shape index (κ1) is 14.5. The van der Waals surface area contributed by atoms with E-state index in [-0.39, 0.29) is 5.56 Å². The summed E-state index contributed by atoms with van der Waals surface area (Å²) in [7, 11) is 0. The first-order valence-electron chi connectivity index (χ1n) is 6.70. The van der Waals surface area contributed by atoms with Gasteiger partial charge in [0.15, 0.2) is 0 Å². The van der Waals surface area contributed by atoms with Crippen LogP contribution in [0.1, 0.15) is 35.3 Å². The fourth-order valence-corrected chi connectivity index (χ4v) is 2.21. The first-order chi connectivity index (χ1) is 9.52. The molecule has 0 heterocycles. The molecule has 0 bridgehead atoms. The Bertz CT molecular complexity index is 608. The third-order valence-corrected chi connectivity index (χ3v) is 3.21. The molecule has 0 aliphatic heterocycles. The van der Waals surface area contributed by atoms with Gasteiger partial charge in [0.2, 0.25) is 0 Å². The number of hydrogen-bond acceptors (Lipinski definition) is 2. The molecule has 1 atom stereocenters. The minimum absolute atomic E-state index is 0.275. The fourth-order valence-electron chi connectivity index (χ4n) is 2.21. The molecule has 0 saturated carbocycles. The number of ether oxygens (including phenoxy) is 1. The Kier molecular flexibility index (Phi) is 4.40. The molecule has 2 aromatic rings. The van der Waals surface area contributed by atoms with Gasteiger partial charge in [-0.2, -0.15) is 0 Å². The zero-order valence-corrected chi connectivity index (χ0v) is 12.0. The highest BCUT2D eigenvalue weighted by molar-refractivity contribution is 5.43. The second-order valence-electron chi connectivity index (χ2n) is 4.90. The van der Waals surface area contributed by atoms with Crippen molar-refractivity contribution in [3.63, 3.8) is 0 Å². The van der Waals surface area contributed by atoms with Gasteiger partial charge in [-0.25, -0.2) is 4.39 Å². The van der Waals surface area contributed by atoms with Crippen molar-refractivity contribution in [3.05, 3.63) is 64.5 Å². The van der Waals surface area contributed by atoms with Gasteiger partial charge >= 0.3 is 0 Å². The number of aliphatic hydroxyl groups is 1. The lowest BCUT2D eigenvalue weighted by molar-refractivity contribution is 0.207. The monoisotopic (exact) mass is 274 g/mol. The number of rotatable bonds is 4. The molecule has 2 aromatic carbocycles. The minimum Gasteiger partial charge on any atom is -0.493 e. The van der Waals surface area contributed by atoms with Gasteiger partial charge in [-0.15, -0.1) is 0 Å². The summed E-state index contributed by atoms with van der Waals surface area (Å²) in [5.41, 5.74) is 2.77. The van der Waals surface area contributed by atoms with E-state index in [9.17, 15) is 9.50 Å². The summed E-state index contributed by atoms with van der Waals surface area (Å²) in [6, 6.07) is 10.3. The summed E-state index contributed by atoms with van der Waals surface area (Å²) in [4.78, 5) is 0. The topological polar surface area (TPSA) is 29.5 Å². The summed E-state index contributed by atoms with van der Waals surface area (Å²) in [5.74, 6) is 0.179. The second kappa shape index (κ2) is 6.06. The van der Waals surface area contributed by atoms with Crippen molar-refractivity contribution in [1.29, 1.82) is 0 Å². The Morgan fingerprint density at radius 2 is 1.65 bits per heavy atom. The van der Waals surface area contributed by atoms with Crippen LogP contribution in [0.15, 0.2) is 36.4 Å². The standard InChI is InChI=1S/C17H19FO2/c1-4-20-16-8-6-12(3)10-14(16)17(19)13-9-11(2)5-7-15(13)18/h5-10,17,19H,4H2,1-3H3. The van der Waals surface area contributed by atoms with Crippen molar-refractivity contribution >= 4 is 0 Å². The molecule has 0 saturated heterocycles. The van der Waals surface area contributed by atoms with E-state index >= 15 is 0 Å². The molecule has 3 heteroatoms. The van der Waals surface area contributed by atoms with E-state index in [2.05, 4.69) is 0 Å². The van der Waals surface area contributed by atoms with Crippen LogP contribution in [0.2, 0.25) is 0 Å². The smallest absolute Gasteiger partial charge is 0.129 e. The van der Waals surface area contributed by atoms with Gasteiger partial charge < -0.3 is 9.84 Å². The van der Waals surface area contributed by atoms with Crippen LogP contribution >= 0.6 is 0 Å². The molecule has 1 N–H and O–H groups in total. The molecule has 0 radical (unpaired) electrons. The Morgan fingerprint density at radius 3 is 2.30 bits per heavy atom. The Morgan fingerprint density at radius 1 is 1.05 bits per heavy atom. The van der Waals surface area contributed by atoms with Crippen LogP contribution in [0.4, 0.5) is 4.39 Å². The first-order valence-corrected chi connectivity index (χ1v) is 6.70. The van der Waals surface area contributed by atoms with Gasteiger partial charge in [0.05, 0.1) is 6.61 Å². The zero-order valence-electron chi connectivity index (χ0n) is 12.0. The van der Waals surface area contributed by atoms with Gasteiger partial charge in [0.25, 0.3) is 0 Å². The summed E-state index contributed by atoms with van der Waals surface area (Å²) in [6.07, 6.45) is -1.03. The maximum Gasteiger partial charge on any atom is 0.129 e. The van der Waals surface area contributed by atoms with Crippen molar-refractivity contribution in [3.8, 4) is 5.75 Å². The van der Waals surface area contributed by atoms with Gasteiger partial charge in [-0.05, 0) is 39.0 Å². The van der Waals surface area contributed by atoms with E-state index in [1.54, 1.807) is 12.1 Å². The molecule has 106 valence electrons. The normalized spacial score (nSPS) is 12.2. The van der Waals surface area contributed by atoms with Crippen molar-refractivity contribution < 1.29 is 14.2 Å². The lowest BCUT2D eigenvalue weighted by Crippen LogP contribution is -2.06. The van der Waals surface area contributed by atoms with Gasteiger partial charge in [0, 0.05) is 11.1 Å². The van der Waals surface area contributed by atoms with Crippen LogP contribution in [0.3, 0.4) is 0 Å². The maximum atomic E-state index is 13.9. The predicted molar refractivity (Wildman–Crippen MR) is 77.5 cm³/mol. The molecular weight excluding hydrogens is 255 g/mol. The maximum absolute atomic E-state index is 13.9. The number of benzene rings is 2. The molecule has 0 spiro atoms. The molecule has 0 fully saturated rings. The molecule has 1 unspecified atom stereocenters. The summed E-state index contributed by atoms with van der Waals surface area (Å²) >= 11 is 0. The van der Waals surface area contributed by atoms with E-state index in [1.807, 2.05) is 39.0 Å². The van der Waals surface area contributed by atoms with Gasteiger partial charge in [0.1, 0.15) is 17.7 Å². The van der Waals surface area contributed by atoms with Crippen LogP contribution in [-0.4, -0.2) is 11.7 Å². The molecule has 0 amide bonds. The van der Waals surface area contributed by atoms with Crippen molar-refractivity contribution in [2.45, 2.75) is 26.9 Å². The highest BCUT2D eigenvalue weighted by Crippen LogP contribution is 2.32. The lowest BCUT2D eigenvalue weighted by Gasteiger charge is -2.17. The van der Waals surface area contributed by atoms with Crippen LogP contribution < -0.4 is 4.74 Å². The Hall–Kier alpha value is -1.87. The third kappa shape index (κ3) is 2.99. The average Bonchev–Trinajstić information content (AvgIpc) is 2.43. The molecule has 0 aliphatic rings. The van der Waals surface area contributed by atoms with Crippen molar-refractivity contribution in [2.24, 2.45) is 0 Å². The highest BCUT2D eigenvalue weighted by atomic mass is 19.1. The SMILES string of the molecule is CCOc1ccc(C)cc1C(O)c1cc(C)ccc1F. The fraction of sp³-hybridized carbons (Fsp3) is 0.294. The second-order valence-corrected chi connectivity index (χ2v) is 4.90. The van der Waals surface area contributed by atoms with E-state index in [0.29, 0.717) is 17.9 Å². The van der Waals surface area contributed by atoms with Crippen molar-refractivity contribution in [1.82, 2.24) is 0 Å². The minimum atomic E-state index is -1.03. The Labute approximate surface area is 118 Å². The summed E-state index contributed by atoms with van der Waals surface area (Å²) in [6.45, 7) is 6.18. The number of halogens is 1. The molecule has 0 aliphatic carbocycles. The average molecular weight is 274 g/mol. The lowest BCUT2D eigenvalue weighted by atomic mass is 9.97. The van der Waals surface area contributed by atoms with Crippen LogP contribution in [0.5, 0.6) is 5.75 Å². The summed E-state index contributed by atoms with van der Waals surface area (Å²) in [5, 5.41) is 10.5. The largest absolute Gasteiger partial charge is 0.493 e. The van der Waals surface area contributed by atoms with Crippen LogP contribution in [-0.2, 0) is 0 Å². The number of hydrogen-bond donors (Lipinski definition) is 1. The van der Waals surface area contributed by atoms with Crippen LogP contribution in [0.25, 0.3) is 0 Å². The Balaban J connectivity index is 2.49. The highest BCUT2D eigenvalue weighted by Gasteiger charge is 2.19. The third-order valence-electron chi connectivity index (χ3n) is 3.21. The summed E-state index contributed by atoms with van der Waals surface area (Å²) < 4.78 is 19.4. The van der Waals surface area contributed by atoms with E-state index in [0.717, 1.165) is 11.1 Å². The van der Waals surface area contributed by atoms with Crippen molar-refractivity contribution in [2.75, 3.05) is 6.61 Å². The van der Waals surface area contributed by atoms with E-state index in [4.69, 9.17) is 4.74 Å². The molecule has 2 rings (SSSR count). The van der Waals surface area contributed by atoms with Gasteiger partial charge in [-0.1, -0.05) is 29.3 Å². The van der Waals surface area contributed by atoms with Crippen LogP contribution in [0, 0.1) is 19.7 Å². The quantitative estimate of drug-likeness (QED) is 0.915. The van der Waals surface area contributed by atoms with E-state index < -0.39 is 11.9 Å². The molecule has 2 nitrogen and oxygen atoms in total. The number of aliphatic hydroxyl groups excluding tert-OH is 1. The zero-order chi connectivity index (χ0) is 14.7. The molecule has 20 heavy (non-hydrogen) atoms. The van der Waals surface area contributed by atoms with E-state index in [1.165, 1.54) is 6.07 Å².